The van der Waals surface area contributed by atoms with E-state index in [-0.39, 0.29) is 0 Å². The van der Waals surface area contributed by atoms with E-state index in [4.69, 9.17) is 11.6 Å². The van der Waals surface area contributed by atoms with Gasteiger partial charge in [0.2, 0.25) is 0 Å². The summed E-state index contributed by atoms with van der Waals surface area (Å²) in [5, 5.41) is 3.45. The van der Waals surface area contributed by atoms with Crippen LogP contribution in [0.4, 0.5) is 11.4 Å². The molecule has 0 amide bonds. The van der Waals surface area contributed by atoms with Crippen molar-refractivity contribution in [2.75, 3.05) is 24.3 Å². The van der Waals surface area contributed by atoms with Crippen molar-refractivity contribution < 1.29 is 0 Å². The Morgan fingerprint density at radius 3 is 2.58 bits per heavy atom. The lowest BCUT2D eigenvalue weighted by molar-refractivity contribution is 1.11. The molecule has 1 heterocycles. The van der Waals surface area contributed by atoms with Crippen LogP contribution in [0.25, 0.3) is 0 Å². The second-order valence-electron chi connectivity index (χ2n) is 4.24. The molecule has 0 saturated heterocycles. The van der Waals surface area contributed by atoms with Crippen molar-refractivity contribution in [2.24, 2.45) is 0 Å². The van der Waals surface area contributed by atoms with E-state index in [1.165, 1.54) is 4.88 Å². The third kappa shape index (κ3) is 3.88. The van der Waals surface area contributed by atoms with Crippen LogP contribution in [0.2, 0.25) is 4.34 Å². The molecule has 2 nitrogen and oxygen atoms in total. The molecule has 1 aromatic carbocycles. The van der Waals surface area contributed by atoms with Gasteiger partial charge in [-0.25, -0.2) is 0 Å². The first kappa shape index (κ1) is 15.2. The average molecular weight is 425 g/mol. The van der Waals surface area contributed by atoms with Crippen LogP contribution in [-0.2, 0) is 6.54 Å². The number of benzene rings is 1. The molecule has 19 heavy (non-hydrogen) atoms. The van der Waals surface area contributed by atoms with Gasteiger partial charge in [-0.3, -0.25) is 0 Å². The summed E-state index contributed by atoms with van der Waals surface area (Å²) in [5.41, 5.74) is 2.25. The Morgan fingerprint density at radius 1 is 1.26 bits per heavy atom. The number of hydrogen-bond donors (Lipinski definition) is 1. The fourth-order valence-corrected chi connectivity index (χ4v) is 3.79. The molecule has 1 N–H and O–H groups in total. The molecule has 2 rings (SSSR count). The topological polar surface area (TPSA) is 15.3 Å². The monoisotopic (exact) mass is 422 g/mol. The molecule has 0 unspecified atom stereocenters. The molecule has 0 aliphatic rings. The highest BCUT2D eigenvalue weighted by molar-refractivity contribution is 9.10. The van der Waals surface area contributed by atoms with Crippen LogP contribution in [0, 0.1) is 0 Å². The number of hydrogen-bond acceptors (Lipinski definition) is 3. The minimum absolute atomic E-state index is 0.757. The van der Waals surface area contributed by atoms with Gasteiger partial charge >= 0.3 is 0 Å². The summed E-state index contributed by atoms with van der Waals surface area (Å²) in [6.45, 7) is 0.757. The highest BCUT2D eigenvalue weighted by atomic mass is 79.9. The van der Waals surface area contributed by atoms with E-state index in [1.807, 2.05) is 26.2 Å². The molecule has 2 aromatic rings. The third-order valence-corrected chi connectivity index (χ3v) is 5.56. The summed E-state index contributed by atoms with van der Waals surface area (Å²) in [5.74, 6) is 0. The smallest absolute Gasteiger partial charge is 0.107 e. The minimum atomic E-state index is 0.757. The maximum atomic E-state index is 6.05. The molecular weight excluding hydrogens is 411 g/mol. The molecule has 0 saturated carbocycles. The van der Waals surface area contributed by atoms with Gasteiger partial charge in [-0.05, 0) is 40.2 Å². The summed E-state index contributed by atoms with van der Waals surface area (Å²) in [4.78, 5) is 3.29. The summed E-state index contributed by atoms with van der Waals surface area (Å²) in [6, 6.07) is 8.26. The molecule has 0 radical (unpaired) electrons. The Kier molecular flexibility index (Phi) is 5.17. The quantitative estimate of drug-likeness (QED) is 0.687. The van der Waals surface area contributed by atoms with Crippen molar-refractivity contribution in [2.45, 2.75) is 6.54 Å². The van der Waals surface area contributed by atoms with Gasteiger partial charge in [-0.2, -0.15) is 0 Å². The van der Waals surface area contributed by atoms with Crippen molar-refractivity contribution in [3.05, 3.63) is 42.4 Å². The zero-order chi connectivity index (χ0) is 14.0. The Hall–Kier alpha value is -0.230. The molecule has 102 valence electrons. The number of anilines is 2. The van der Waals surface area contributed by atoms with Gasteiger partial charge < -0.3 is 10.2 Å². The summed E-state index contributed by atoms with van der Waals surface area (Å²) >= 11 is 14.6. The fourth-order valence-electron chi connectivity index (χ4n) is 1.70. The number of halogens is 3. The van der Waals surface area contributed by atoms with Gasteiger partial charge in [0.15, 0.2) is 0 Å². The van der Waals surface area contributed by atoms with Crippen LogP contribution < -0.4 is 10.2 Å². The van der Waals surface area contributed by atoms with E-state index in [0.717, 1.165) is 31.2 Å². The minimum Gasteiger partial charge on any atom is -0.378 e. The molecule has 0 atom stereocenters. The van der Waals surface area contributed by atoms with E-state index >= 15 is 0 Å². The summed E-state index contributed by atoms with van der Waals surface area (Å²) in [6.07, 6.45) is 0. The first-order valence-corrected chi connectivity index (χ1v) is 8.40. The van der Waals surface area contributed by atoms with Gasteiger partial charge in [-0.15, -0.1) is 11.3 Å². The lowest BCUT2D eigenvalue weighted by Gasteiger charge is -2.18. The number of nitrogens with one attached hydrogen (secondary N) is 1. The van der Waals surface area contributed by atoms with Gasteiger partial charge in [0.05, 0.1) is 11.4 Å². The maximum Gasteiger partial charge on any atom is 0.107 e. The highest BCUT2D eigenvalue weighted by Crippen LogP contribution is 2.33. The molecule has 0 aliphatic carbocycles. The number of rotatable bonds is 4. The second kappa shape index (κ2) is 6.48. The van der Waals surface area contributed by atoms with Crippen LogP contribution in [0.1, 0.15) is 4.88 Å². The Labute approximate surface area is 139 Å². The largest absolute Gasteiger partial charge is 0.378 e. The van der Waals surface area contributed by atoms with Gasteiger partial charge in [-0.1, -0.05) is 27.5 Å². The van der Waals surface area contributed by atoms with Crippen LogP contribution in [0.5, 0.6) is 0 Å². The van der Waals surface area contributed by atoms with Crippen LogP contribution in [-0.4, -0.2) is 14.1 Å². The molecule has 0 fully saturated rings. The van der Waals surface area contributed by atoms with E-state index in [2.05, 4.69) is 54.2 Å². The van der Waals surface area contributed by atoms with Crippen molar-refractivity contribution >= 4 is 66.2 Å². The predicted octanol–water partition coefficient (Wildman–Crippen LogP) is 5.60. The van der Waals surface area contributed by atoms with Crippen LogP contribution in [0.3, 0.4) is 0 Å². The van der Waals surface area contributed by atoms with Crippen LogP contribution in [0.15, 0.2) is 33.2 Å². The number of thiophene rings is 1. The molecule has 6 heteroatoms. The van der Waals surface area contributed by atoms with Crippen LogP contribution >= 0.6 is 54.8 Å². The summed E-state index contributed by atoms with van der Waals surface area (Å²) in [7, 11) is 4.07. The van der Waals surface area contributed by atoms with Gasteiger partial charge in [0, 0.05) is 34.5 Å². The van der Waals surface area contributed by atoms with Gasteiger partial charge in [0.1, 0.15) is 4.34 Å². The molecule has 0 spiro atoms. The zero-order valence-electron chi connectivity index (χ0n) is 10.5. The summed E-state index contributed by atoms with van der Waals surface area (Å²) < 4.78 is 2.81. The lowest BCUT2D eigenvalue weighted by Crippen LogP contribution is -2.12. The lowest BCUT2D eigenvalue weighted by atomic mass is 10.2. The molecule has 0 bridgehead atoms. The molecule has 0 aliphatic heterocycles. The van der Waals surface area contributed by atoms with Crippen molar-refractivity contribution in [1.82, 2.24) is 0 Å². The normalized spacial score (nSPS) is 10.6. The number of nitrogens with zero attached hydrogens (tertiary/aromatic N) is 1. The second-order valence-corrected chi connectivity index (χ2v) is 7.75. The highest BCUT2D eigenvalue weighted by Gasteiger charge is 2.08. The van der Waals surface area contributed by atoms with E-state index in [0.29, 0.717) is 0 Å². The zero-order valence-corrected chi connectivity index (χ0v) is 15.3. The van der Waals surface area contributed by atoms with E-state index in [1.54, 1.807) is 11.3 Å². The van der Waals surface area contributed by atoms with E-state index < -0.39 is 0 Å². The average Bonchev–Trinajstić information content (AvgIpc) is 2.66. The fraction of sp³-hybridized carbons (Fsp3) is 0.231. The Morgan fingerprint density at radius 2 is 2.00 bits per heavy atom. The van der Waals surface area contributed by atoms with E-state index in [9.17, 15) is 0 Å². The predicted molar refractivity (Wildman–Crippen MR) is 92.8 cm³/mol. The molecule has 1 aromatic heterocycles. The standard InChI is InChI=1S/C13H13Br2ClN2S/c1-18(2)12-4-3-8(14)5-11(12)17-7-9-6-10(15)13(16)19-9/h3-6,17H,7H2,1-2H3. The first-order chi connectivity index (χ1) is 8.97. The van der Waals surface area contributed by atoms with Crippen molar-refractivity contribution in [3.8, 4) is 0 Å². The van der Waals surface area contributed by atoms with Crippen molar-refractivity contribution in [1.29, 1.82) is 0 Å². The van der Waals surface area contributed by atoms with Gasteiger partial charge in [0.25, 0.3) is 0 Å². The third-order valence-electron chi connectivity index (χ3n) is 2.59. The molecular formula is C13H13Br2ClN2S. The SMILES string of the molecule is CN(C)c1ccc(Br)cc1NCc1cc(Br)c(Cl)s1. The Balaban J connectivity index is 2.16. The Bertz CT molecular complexity index is 565. The first-order valence-electron chi connectivity index (χ1n) is 5.62. The maximum absolute atomic E-state index is 6.05. The van der Waals surface area contributed by atoms with Crippen molar-refractivity contribution in [3.63, 3.8) is 0 Å².